The smallest absolute Gasteiger partial charge is 0.214 e. The molecule has 0 spiro atoms. The number of aryl methyl sites for hydroxylation is 1. The van der Waals surface area contributed by atoms with Crippen LogP contribution in [0.1, 0.15) is 24.0 Å². The molecule has 2 saturated heterocycles. The Morgan fingerprint density at radius 1 is 1.13 bits per heavy atom. The van der Waals surface area contributed by atoms with Crippen molar-refractivity contribution in [2.45, 2.75) is 38.2 Å². The van der Waals surface area contributed by atoms with Gasteiger partial charge in [-0.15, -0.1) is 0 Å². The summed E-state index contributed by atoms with van der Waals surface area (Å²) in [6.07, 6.45) is 7.89. The van der Waals surface area contributed by atoms with E-state index in [4.69, 9.17) is 14.2 Å². The molecule has 2 unspecified atom stereocenters. The Morgan fingerprint density at radius 3 is 2.71 bits per heavy atom. The molecule has 2 aliphatic heterocycles. The van der Waals surface area contributed by atoms with Crippen molar-refractivity contribution in [3.8, 4) is 5.75 Å². The molecule has 2 fully saturated rings. The first-order valence-electron chi connectivity index (χ1n) is 11.0. The number of ether oxygens (including phenoxy) is 3. The van der Waals surface area contributed by atoms with Gasteiger partial charge in [0.05, 0.1) is 19.5 Å². The Hall–Kier alpha value is -2.83. The average Bonchev–Trinajstić information content (AvgIpc) is 3.56. The predicted octanol–water partition coefficient (Wildman–Crippen LogP) is 4.14. The average molecular weight is 420 g/mol. The molecule has 162 valence electrons. The lowest BCUT2D eigenvalue weighted by atomic mass is 10.0. The molecule has 5 rings (SSSR count). The Balaban J connectivity index is 1.26. The highest BCUT2D eigenvalue weighted by Crippen LogP contribution is 2.36. The Morgan fingerprint density at radius 2 is 1.97 bits per heavy atom. The molecule has 0 bridgehead atoms. The first kappa shape index (κ1) is 20.1. The lowest BCUT2D eigenvalue weighted by Crippen LogP contribution is -2.34. The van der Waals surface area contributed by atoms with Crippen LogP contribution < -0.4 is 9.64 Å². The number of hydrogen-bond donors (Lipinski definition) is 0. The quantitative estimate of drug-likeness (QED) is 0.576. The van der Waals surface area contributed by atoms with Crippen LogP contribution in [0.15, 0.2) is 67.3 Å². The topological polar surface area (TPSA) is 48.8 Å². The second-order valence-electron chi connectivity index (χ2n) is 8.41. The van der Waals surface area contributed by atoms with Gasteiger partial charge in [-0.3, -0.25) is 0 Å². The molecule has 6 nitrogen and oxygen atoms in total. The van der Waals surface area contributed by atoms with Crippen molar-refractivity contribution in [2.75, 3.05) is 31.2 Å². The summed E-state index contributed by atoms with van der Waals surface area (Å²) < 4.78 is 20.8. The van der Waals surface area contributed by atoms with Crippen LogP contribution in [-0.4, -0.2) is 42.0 Å². The van der Waals surface area contributed by atoms with Crippen LogP contribution in [0.3, 0.4) is 0 Å². The maximum absolute atomic E-state index is 6.49. The van der Waals surface area contributed by atoms with E-state index in [-0.39, 0.29) is 6.10 Å². The van der Waals surface area contributed by atoms with Crippen molar-refractivity contribution in [3.63, 3.8) is 0 Å². The second-order valence-corrected chi connectivity index (χ2v) is 8.41. The van der Waals surface area contributed by atoms with Crippen molar-refractivity contribution in [1.29, 1.82) is 0 Å². The highest BCUT2D eigenvalue weighted by atomic mass is 16.8. The van der Waals surface area contributed by atoms with E-state index in [1.165, 1.54) is 24.1 Å². The summed E-state index contributed by atoms with van der Waals surface area (Å²) in [5.41, 5.74) is 3.45. The number of nitrogens with zero attached hydrogens (tertiary/aromatic N) is 3. The summed E-state index contributed by atoms with van der Waals surface area (Å²) >= 11 is 0. The Bertz CT molecular complexity index is 984. The zero-order valence-electron chi connectivity index (χ0n) is 17.9. The van der Waals surface area contributed by atoms with E-state index >= 15 is 0 Å². The molecular formula is C25H29N3O3. The van der Waals surface area contributed by atoms with E-state index in [1.807, 2.05) is 29.0 Å². The summed E-state index contributed by atoms with van der Waals surface area (Å²) in [6, 6.07) is 16.7. The van der Waals surface area contributed by atoms with E-state index in [2.05, 4.69) is 47.1 Å². The van der Waals surface area contributed by atoms with Crippen LogP contribution in [0.4, 0.5) is 5.69 Å². The fraction of sp³-hybridized carbons (Fsp3) is 0.400. The largest absolute Gasteiger partial charge is 0.491 e. The molecule has 2 atom stereocenters. The van der Waals surface area contributed by atoms with Crippen molar-refractivity contribution in [3.05, 3.63) is 78.4 Å². The molecule has 0 saturated carbocycles. The normalized spacial score (nSPS) is 23.4. The van der Waals surface area contributed by atoms with Crippen molar-refractivity contribution >= 4 is 5.69 Å². The van der Waals surface area contributed by atoms with Crippen LogP contribution in [-0.2, 0) is 21.8 Å². The van der Waals surface area contributed by atoms with Gasteiger partial charge in [-0.1, -0.05) is 29.8 Å². The Labute approximate surface area is 183 Å². The number of benzene rings is 2. The predicted molar refractivity (Wildman–Crippen MR) is 119 cm³/mol. The lowest BCUT2D eigenvalue weighted by Gasteiger charge is -2.29. The van der Waals surface area contributed by atoms with Crippen molar-refractivity contribution < 1.29 is 14.2 Å². The van der Waals surface area contributed by atoms with E-state index in [1.54, 1.807) is 12.5 Å². The van der Waals surface area contributed by atoms with Crippen LogP contribution in [0.5, 0.6) is 5.75 Å². The van der Waals surface area contributed by atoms with Crippen molar-refractivity contribution in [2.24, 2.45) is 0 Å². The van der Waals surface area contributed by atoms with Gasteiger partial charge in [0, 0.05) is 36.7 Å². The molecule has 2 aromatic carbocycles. The molecule has 2 aliphatic rings. The van der Waals surface area contributed by atoms with Gasteiger partial charge in [0.25, 0.3) is 0 Å². The third-order valence-electron chi connectivity index (χ3n) is 6.01. The highest BCUT2D eigenvalue weighted by molar-refractivity contribution is 5.49. The van der Waals surface area contributed by atoms with Gasteiger partial charge in [0.15, 0.2) is 0 Å². The second kappa shape index (κ2) is 8.73. The lowest BCUT2D eigenvalue weighted by molar-refractivity contribution is -0.189. The maximum atomic E-state index is 6.49. The number of hydrogen-bond acceptors (Lipinski definition) is 5. The standard InChI is InChI=1S/C25H29N3O3/c1-20-5-4-6-21(15-20)25(18-27-14-11-26-19-27)30-17-24(31-25)16-29-23-9-7-22(8-10-23)28-12-2-3-13-28/h4-11,14-15,19,24H,2-3,12-13,16-18H2,1H3. The number of anilines is 1. The van der Waals surface area contributed by atoms with Gasteiger partial charge >= 0.3 is 0 Å². The molecule has 0 amide bonds. The Kier molecular flexibility index (Phi) is 5.66. The first-order valence-corrected chi connectivity index (χ1v) is 11.0. The van der Waals surface area contributed by atoms with Crippen LogP contribution in [0.2, 0.25) is 0 Å². The molecule has 3 heterocycles. The van der Waals surface area contributed by atoms with E-state index in [0.29, 0.717) is 19.8 Å². The number of rotatable bonds is 7. The molecule has 31 heavy (non-hydrogen) atoms. The van der Waals surface area contributed by atoms with Gasteiger partial charge in [0.2, 0.25) is 5.79 Å². The molecule has 0 aliphatic carbocycles. The summed E-state index contributed by atoms with van der Waals surface area (Å²) in [7, 11) is 0. The van der Waals surface area contributed by atoms with E-state index < -0.39 is 5.79 Å². The monoisotopic (exact) mass is 419 g/mol. The van der Waals surface area contributed by atoms with Gasteiger partial charge in [-0.2, -0.15) is 0 Å². The van der Waals surface area contributed by atoms with Gasteiger partial charge in [-0.25, -0.2) is 4.98 Å². The minimum atomic E-state index is -0.847. The third-order valence-corrected chi connectivity index (χ3v) is 6.01. The van der Waals surface area contributed by atoms with Crippen molar-refractivity contribution in [1.82, 2.24) is 9.55 Å². The fourth-order valence-corrected chi connectivity index (χ4v) is 4.39. The molecule has 6 heteroatoms. The zero-order chi connectivity index (χ0) is 21.1. The molecule has 1 aromatic heterocycles. The third kappa shape index (κ3) is 4.45. The summed E-state index contributed by atoms with van der Waals surface area (Å²) in [6.45, 7) is 5.83. The van der Waals surface area contributed by atoms with E-state index in [9.17, 15) is 0 Å². The molecular weight excluding hydrogens is 390 g/mol. The molecule has 0 radical (unpaired) electrons. The van der Waals surface area contributed by atoms with Gasteiger partial charge < -0.3 is 23.7 Å². The molecule has 0 N–H and O–H groups in total. The number of aromatic nitrogens is 2. The summed E-state index contributed by atoms with van der Waals surface area (Å²) in [4.78, 5) is 6.58. The first-order chi connectivity index (χ1) is 15.2. The van der Waals surface area contributed by atoms with Gasteiger partial charge in [-0.05, 0) is 44.0 Å². The summed E-state index contributed by atoms with van der Waals surface area (Å²) in [5, 5.41) is 0. The maximum Gasteiger partial charge on any atom is 0.214 e. The summed E-state index contributed by atoms with van der Waals surface area (Å²) in [5.74, 6) is 0.00888. The zero-order valence-corrected chi connectivity index (χ0v) is 17.9. The highest BCUT2D eigenvalue weighted by Gasteiger charge is 2.44. The minimum Gasteiger partial charge on any atom is -0.491 e. The van der Waals surface area contributed by atoms with Crippen LogP contribution in [0.25, 0.3) is 0 Å². The van der Waals surface area contributed by atoms with Gasteiger partial charge in [0.1, 0.15) is 18.5 Å². The SMILES string of the molecule is Cc1cccc(C2(Cn3ccnc3)OCC(COc3ccc(N4CCCC4)cc3)O2)c1. The van der Waals surface area contributed by atoms with Crippen LogP contribution in [0, 0.1) is 6.92 Å². The fourth-order valence-electron chi connectivity index (χ4n) is 4.39. The minimum absolute atomic E-state index is 0.151. The van der Waals surface area contributed by atoms with Crippen LogP contribution >= 0.6 is 0 Å². The number of imidazole rings is 1. The molecule has 3 aromatic rings. The van der Waals surface area contributed by atoms with E-state index in [0.717, 1.165) is 24.4 Å².